The van der Waals surface area contributed by atoms with E-state index in [1.165, 1.54) is 0 Å². The van der Waals surface area contributed by atoms with Crippen molar-refractivity contribution >= 4 is 17.7 Å². The van der Waals surface area contributed by atoms with E-state index >= 15 is 0 Å². The highest BCUT2D eigenvalue weighted by Gasteiger charge is 2.35. The average molecular weight is 608 g/mol. The first-order valence-corrected chi connectivity index (χ1v) is 15.8. The Bertz CT molecular complexity index is 1670. The minimum absolute atomic E-state index is 0.0136. The molecule has 10 heteroatoms. The van der Waals surface area contributed by atoms with Crippen LogP contribution in [0.3, 0.4) is 0 Å². The summed E-state index contributed by atoms with van der Waals surface area (Å²) in [6, 6.07) is 16.1. The lowest BCUT2D eigenvalue weighted by molar-refractivity contribution is -0.146. The van der Waals surface area contributed by atoms with Gasteiger partial charge in [0.25, 0.3) is 0 Å². The van der Waals surface area contributed by atoms with Crippen molar-refractivity contribution < 1.29 is 14.4 Å². The lowest BCUT2D eigenvalue weighted by Gasteiger charge is -2.33. The number of carbonyl (C=O) groups is 3. The van der Waals surface area contributed by atoms with Crippen LogP contribution in [0.2, 0.25) is 0 Å². The number of hydrogen-bond acceptors (Lipinski definition) is 5. The van der Waals surface area contributed by atoms with Gasteiger partial charge >= 0.3 is 0 Å². The number of nitrogens with one attached hydrogen (secondary N) is 3. The molecule has 2 fully saturated rings. The minimum Gasteiger partial charge on any atom is -0.343 e. The van der Waals surface area contributed by atoms with E-state index in [9.17, 15) is 14.4 Å². The maximum absolute atomic E-state index is 12.8. The van der Waals surface area contributed by atoms with Crippen LogP contribution in [0.1, 0.15) is 64.6 Å². The molecule has 10 nitrogen and oxygen atoms in total. The van der Waals surface area contributed by atoms with Gasteiger partial charge in [-0.1, -0.05) is 76.2 Å². The van der Waals surface area contributed by atoms with E-state index in [2.05, 4.69) is 75.5 Å². The van der Waals surface area contributed by atoms with E-state index in [4.69, 9.17) is 0 Å². The first kappa shape index (κ1) is 30.3. The van der Waals surface area contributed by atoms with Gasteiger partial charge in [-0.2, -0.15) is 0 Å². The van der Waals surface area contributed by atoms with Crippen LogP contribution >= 0.6 is 0 Å². The Balaban J connectivity index is 1.10. The van der Waals surface area contributed by atoms with Crippen molar-refractivity contribution in [2.24, 2.45) is 11.8 Å². The fraction of sp³-hybridized carbons (Fsp3) is 0.400. The highest BCUT2D eigenvalue weighted by Crippen LogP contribution is 2.33. The first-order chi connectivity index (χ1) is 21.7. The number of amides is 3. The van der Waals surface area contributed by atoms with Crippen LogP contribution in [0.15, 0.2) is 60.9 Å². The molecule has 3 amide bonds. The first-order valence-electron chi connectivity index (χ1n) is 15.8. The molecule has 0 bridgehead atoms. The lowest BCUT2D eigenvalue weighted by Crippen LogP contribution is -2.59. The molecule has 2 aliphatic rings. The molecular formula is C35H41N7O3. The second kappa shape index (κ2) is 12.7. The zero-order chi connectivity index (χ0) is 31.7. The second-order valence-electron chi connectivity index (χ2n) is 12.9. The third-order valence-electron chi connectivity index (χ3n) is 8.66. The standard InChI is InChI=1S/C35H41N7O3/c1-21(2)16-32(44)42-15-5-6-29(42)34-37-18-28(39-34)26-13-9-24(10-14-26)23-7-11-25(12-8-23)27-17-36-30(38-27)19-41-20-31(43)40-33(22(3)4)35(41)45/h7-14,17-18,21-22,29,33H,5-6,15-16,19-20H2,1-4H3,(H,36,38)(H,37,39)(H,40,43). The van der Waals surface area contributed by atoms with Crippen molar-refractivity contribution in [2.75, 3.05) is 13.1 Å². The van der Waals surface area contributed by atoms with Crippen molar-refractivity contribution in [3.05, 3.63) is 72.6 Å². The van der Waals surface area contributed by atoms with Crippen molar-refractivity contribution in [1.29, 1.82) is 0 Å². The van der Waals surface area contributed by atoms with Gasteiger partial charge in [0.05, 0.1) is 36.4 Å². The molecule has 2 atom stereocenters. The van der Waals surface area contributed by atoms with E-state index in [1.54, 1.807) is 11.1 Å². The molecule has 0 radical (unpaired) electrons. The Morgan fingerprint density at radius 1 is 0.867 bits per heavy atom. The van der Waals surface area contributed by atoms with Crippen molar-refractivity contribution in [3.8, 4) is 33.6 Å². The summed E-state index contributed by atoms with van der Waals surface area (Å²) in [5.74, 6) is 1.83. The number of piperazine rings is 1. The average Bonchev–Trinajstić information content (AvgIpc) is 3.80. The number of aromatic amines is 2. The maximum Gasteiger partial charge on any atom is 0.246 e. The Labute approximate surface area is 263 Å². The van der Waals surface area contributed by atoms with Crippen LogP contribution in [0.25, 0.3) is 33.6 Å². The van der Waals surface area contributed by atoms with Crippen LogP contribution in [-0.4, -0.2) is 66.6 Å². The molecule has 0 saturated carbocycles. The van der Waals surface area contributed by atoms with Gasteiger partial charge in [-0.05, 0) is 46.9 Å². The fourth-order valence-electron chi connectivity index (χ4n) is 6.24. The Morgan fingerprint density at radius 3 is 2.09 bits per heavy atom. The molecule has 2 aromatic heterocycles. The van der Waals surface area contributed by atoms with Crippen molar-refractivity contribution in [3.63, 3.8) is 0 Å². The molecule has 4 aromatic rings. The highest BCUT2D eigenvalue weighted by atomic mass is 16.2. The van der Waals surface area contributed by atoms with Gasteiger partial charge in [0.15, 0.2) is 0 Å². The van der Waals surface area contributed by atoms with Gasteiger partial charge < -0.3 is 25.1 Å². The summed E-state index contributed by atoms with van der Waals surface area (Å²) in [6.45, 7) is 9.09. The largest absolute Gasteiger partial charge is 0.343 e. The van der Waals surface area contributed by atoms with Gasteiger partial charge in [-0.3, -0.25) is 14.4 Å². The topological polar surface area (TPSA) is 127 Å². The number of H-pyrrole nitrogens is 2. The number of nitrogens with zero attached hydrogens (tertiary/aromatic N) is 4. The molecule has 4 heterocycles. The molecular weight excluding hydrogens is 566 g/mol. The number of benzene rings is 2. The molecule has 45 heavy (non-hydrogen) atoms. The number of rotatable bonds is 9. The zero-order valence-corrected chi connectivity index (χ0v) is 26.3. The molecule has 234 valence electrons. The second-order valence-corrected chi connectivity index (χ2v) is 12.9. The molecule has 3 N–H and O–H groups in total. The highest BCUT2D eigenvalue weighted by molar-refractivity contribution is 5.95. The van der Waals surface area contributed by atoms with E-state index < -0.39 is 6.04 Å². The quantitative estimate of drug-likeness (QED) is 0.237. The van der Waals surface area contributed by atoms with E-state index in [0.29, 0.717) is 18.2 Å². The third-order valence-corrected chi connectivity index (χ3v) is 8.66. The molecule has 0 aliphatic carbocycles. The maximum atomic E-state index is 12.8. The Morgan fingerprint density at radius 2 is 1.47 bits per heavy atom. The minimum atomic E-state index is -0.506. The van der Waals surface area contributed by atoms with Crippen molar-refractivity contribution in [1.82, 2.24) is 35.1 Å². The van der Waals surface area contributed by atoms with E-state index in [-0.39, 0.29) is 42.8 Å². The smallest absolute Gasteiger partial charge is 0.246 e. The molecule has 6 rings (SSSR count). The normalized spacial score (nSPS) is 18.7. The number of carbonyl (C=O) groups excluding carboxylic acids is 3. The Kier molecular flexibility index (Phi) is 8.56. The number of likely N-dealkylation sites (tertiary alicyclic amines) is 1. The Hall–Kier alpha value is -4.73. The molecule has 2 aliphatic heterocycles. The SMILES string of the molecule is CC(C)CC(=O)N1CCCC1c1ncc(-c2ccc(-c3ccc(-c4cnc(CN5CC(=O)NC(C(C)C)C5=O)[nH]4)cc3)cc2)[nH]1. The number of aromatic nitrogens is 4. The lowest BCUT2D eigenvalue weighted by atomic mass is 10.0. The summed E-state index contributed by atoms with van der Waals surface area (Å²) in [4.78, 5) is 57.2. The predicted octanol–water partition coefficient (Wildman–Crippen LogP) is 5.33. The summed E-state index contributed by atoms with van der Waals surface area (Å²) in [5, 5.41) is 2.79. The van der Waals surface area contributed by atoms with Gasteiger partial charge in [-0.25, -0.2) is 9.97 Å². The molecule has 2 saturated heterocycles. The number of imidazole rings is 2. The summed E-state index contributed by atoms with van der Waals surface area (Å²) >= 11 is 0. The summed E-state index contributed by atoms with van der Waals surface area (Å²) in [7, 11) is 0. The number of hydrogen-bond donors (Lipinski definition) is 3. The molecule has 2 unspecified atom stereocenters. The van der Waals surface area contributed by atoms with E-state index in [0.717, 1.165) is 58.9 Å². The van der Waals surface area contributed by atoms with Crippen LogP contribution < -0.4 is 5.32 Å². The van der Waals surface area contributed by atoms with Crippen LogP contribution in [0.5, 0.6) is 0 Å². The summed E-state index contributed by atoms with van der Waals surface area (Å²) in [5.41, 5.74) is 6.00. The van der Waals surface area contributed by atoms with Gasteiger partial charge in [0.1, 0.15) is 24.2 Å². The molecule has 2 aromatic carbocycles. The van der Waals surface area contributed by atoms with Crippen LogP contribution in [0, 0.1) is 11.8 Å². The predicted molar refractivity (Wildman–Crippen MR) is 172 cm³/mol. The van der Waals surface area contributed by atoms with Crippen LogP contribution in [0.4, 0.5) is 0 Å². The fourth-order valence-corrected chi connectivity index (χ4v) is 6.24. The molecule has 0 spiro atoms. The van der Waals surface area contributed by atoms with Crippen LogP contribution in [-0.2, 0) is 20.9 Å². The summed E-state index contributed by atoms with van der Waals surface area (Å²) < 4.78 is 0. The van der Waals surface area contributed by atoms with Gasteiger partial charge in [-0.15, -0.1) is 0 Å². The van der Waals surface area contributed by atoms with Gasteiger partial charge in [0, 0.05) is 13.0 Å². The zero-order valence-electron chi connectivity index (χ0n) is 26.3. The summed E-state index contributed by atoms with van der Waals surface area (Å²) in [6.07, 6.45) is 6.12. The monoisotopic (exact) mass is 607 g/mol. The third kappa shape index (κ3) is 6.55. The van der Waals surface area contributed by atoms with Gasteiger partial charge in [0.2, 0.25) is 17.7 Å². The van der Waals surface area contributed by atoms with Crippen molar-refractivity contribution in [2.45, 2.75) is 65.6 Å². The van der Waals surface area contributed by atoms with E-state index in [1.807, 2.05) is 37.1 Å².